The quantitative estimate of drug-likeness (QED) is 0.579. The van der Waals surface area contributed by atoms with Crippen LogP contribution in [0, 0.1) is 0 Å². The van der Waals surface area contributed by atoms with Gasteiger partial charge < -0.3 is 10.8 Å². The average molecular weight is 153 g/mol. The Balaban J connectivity index is 3.68. The lowest BCUT2D eigenvalue weighted by molar-refractivity contribution is 0.265. The SMILES string of the molecule is C=C/C=C\C(=C)CC(N)CO. The summed E-state index contributed by atoms with van der Waals surface area (Å²) in [6.07, 6.45) is 5.94. The van der Waals surface area contributed by atoms with Gasteiger partial charge in [0.15, 0.2) is 0 Å². The Morgan fingerprint density at radius 3 is 2.73 bits per heavy atom. The van der Waals surface area contributed by atoms with E-state index in [4.69, 9.17) is 10.8 Å². The van der Waals surface area contributed by atoms with Gasteiger partial charge in [0.1, 0.15) is 0 Å². The minimum Gasteiger partial charge on any atom is -0.395 e. The smallest absolute Gasteiger partial charge is 0.0585 e. The van der Waals surface area contributed by atoms with Crippen molar-refractivity contribution in [3.63, 3.8) is 0 Å². The number of allylic oxidation sites excluding steroid dienone is 3. The molecule has 0 amide bonds. The molecule has 0 aromatic heterocycles. The van der Waals surface area contributed by atoms with Gasteiger partial charge in [-0.1, -0.05) is 37.0 Å². The fraction of sp³-hybridized carbons (Fsp3) is 0.333. The fourth-order valence-corrected chi connectivity index (χ4v) is 0.673. The van der Waals surface area contributed by atoms with Crippen LogP contribution in [-0.2, 0) is 0 Å². The van der Waals surface area contributed by atoms with Crippen molar-refractivity contribution in [1.82, 2.24) is 0 Å². The molecule has 0 radical (unpaired) electrons. The van der Waals surface area contributed by atoms with Crippen LogP contribution in [-0.4, -0.2) is 17.8 Å². The van der Waals surface area contributed by atoms with Crippen molar-refractivity contribution >= 4 is 0 Å². The van der Waals surface area contributed by atoms with E-state index < -0.39 is 0 Å². The second-order valence-corrected chi connectivity index (χ2v) is 2.40. The van der Waals surface area contributed by atoms with Gasteiger partial charge >= 0.3 is 0 Å². The fourth-order valence-electron chi connectivity index (χ4n) is 0.673. The van der Waals surface area contributed by atoms with Crippen molar-refractivity contribution in [3.05, 3.63) is 37.0 Å². The Hall–Kier alpha value is -0.860. The number of aliphatic hydroxyl groups excluding tert-OH is 1. The van der Waals surface area contributed by atoms with E-state index >= 15 is 0 Å². The summed E-state index contributed by atoms with van der Waals surface area (Å²) >= 11 is 0. The van der Waals surface area contributed by atoms with Gasteiger partial charge in [-0.15, -0.1) is 0 Å². The van der Waals surface area contributed by atoms with Crippen molar-refractivity contribution in [3.8, 4) is 0 Å². The third kappa shape index (κ3) is 5.58. The van der Waals surface area contributed by atoms with Crippen molar-refractivity contribution in [2.45, 2.75) is 12.5 Å². The van der Waals surface area contributed by atoms with Crippen LogP contribution >= 0.6 is 0 Å². The van der Waals surface area contributed by atoms with E-state index in [1.807, 2.05) is 6.08 Å². The van der Waals surface area contributed by atoms with Gasteiger partial charge in [-0.3, -0.25) is 0 Å². The Morgan fingerprint density at radius 2 is 2.27 bits per heavy atom. The molecule has 0 aliphatic rings. The zero-order chi connectivity index (χ0) is 8.69. The number of hydrogen-bond acceptors (Lipinski definition) is 2. The standard InChI is InChI=1S/C9H15NO/c1-3-4-5-8(2)6-9(10)7-11/h3-5,9,11H,1-2,6-7,10H2/b5-4-. The Kier molecular flexibility index (Phi) is 5.43. The maximum atomic E-state index is 8.60. The summed E-state index contributed by atoms with van der Waals surface area (Å²) in [4.78, 5) is 0. The highest BCUT2D eigenvalue weighted by molar-refractivity contribution is 5.18. The van der Waals surface area contributed by atoms with Crippen molar-refractivity contribution in [2.24, 2.45) is 5.73 Å². The van der Waals surface area contributed by atoms with Gasteiger partial charge in [0.2, 0.25) is 0 Å². The van der Waals surface area contributed by atoms with Crippen molar-refractivity contribution in [1.29, 1.82) is 0 Å². The maximum absolute atomic E-state index is 8.60. The molecule has 0 fully saturated rings. The first-order valence-corrected chi connectivity index (χ1v) is 3.54. The summed E-state index contributed by atoms with van der Waals surface area (Å²) in [5, 5.41) is 8.60. The molecular formula is C9H15NO. The van der Waals surface area contributed by atoms with Crippen molar-refractivity contribution in [2.75, 3.05) is 6.61 Å². The van der Waals surface area contributed by atoms with E-state index in [0.717, 1.165) is 5.57 Å². The summed E-state index contributed by atoms with van der Waals surface area (Å²) in [6.45, 7) is 7.28. The van der Waals surface area contributed by atoms with Crippen LogP contribution < -0.4 is 5.73 Å². The highest BCUT2D eigenvalue weighted by Crippen LogP contribution is 2.02. The van der Waals surface area contributed by atoms with Crippen LogP contribution in [0.2, 0.25) is 0 Å². The van der Waals surface area contributed by atoms with Crippen LogP contribution in [0.4, 0.5) is 0 Å². The Bertz CT molecular complexity index is 161. The second kappa shape index (κ2) is 5.89. The highest BCUT2D eigenvalue weighted by Gasteiger charge is 1.99. The summed E-state index contributed by atoms with van der Waals surface area (Å²) in [5.41, 5.74) is 6.38. The molecule has 0 aromatic carbocycles. The van der Waals surface area contributed by atoms with Crippen molar-refractivity contribution < 1.29 is 5.11 Å². The van der Waals surface area contributed by atoms with Gasteiger partial charge in [0, 0.05) is 6.04 Å². The number of hydrogen-bond donors (Lipinski definition) is 2. The van der Waals surface area contributed by atoms with Gasteiger partial charge in [0.25, 0.3) is 0 Å². The molecule has 0 heterocycles. The predicted octanol–water partition coefficient (Wildman–Crippen LogP) is 0.994. The minimum absolute atomic E-state index is 0.000942. The summed E-state index contributed by atoms with van der Waals surface area (Å²) < 4.78 is 0. The van der Waals surface area contributed by atoms with Crippen LogP contribution in [0.15, 0.2) is 37.0 Å². The molecule has 2 nitrogen and oxygen atoms in total. The third-order valence-corrected chi connectivity index (χ3v) is 1.23. The average Bonchev–Trinajstić information content (AvgIpc) is 2.00. The number of rotatable bonds is 5. The van der Waals surface area contributed by atoms with Gasteiger partial charge in [0.05, 0.1) is 6.61 Å². The van der Waals surface area contributed by atoms with E-state index in [1.54, 1.807) is 12.2 Å². The number of aliphatic hydroxyl groups is 1. The predicted molar refractivity (Wildman–Crippen MR) is 48.2 cm³/mol. The lowest BCUT2D eigenvalue weighted by atomic mass is 10.1. The molecule has 0 saturated heterocycles. The zero-order valence-corrected chi connectivity index (χ0v) is 6.66. The molecule has 0 rings (SSSR count). The first-order valence-electron chi connectivity index (χ1n) is 3.54. The molecular weight excluding hydrogens is 138 g/mol. The van der Waals surface area contributed by atoms with E-state index in [2.05, 4.69) is 13.2 Å². The summed E-state index contributed by atoms with van der Waals surface area (Å²) in [5.74, 6) is 0. The first kappa shape index (κ1) is 10.1. The maximum Gasteiger partial charge on any atom is 0.0585 e. The lowest BCUT2D eigenvalue weighted by Crippen LogP contribution is -2.24. The lowest BCUT2D eigenvalue weighted by Gasteiger charge is -2.06. The second-order valence-electron chi connectivity index (χ2n) is 2.40. The molecule has 0 bridgehead atoms. The molecule has 11 heavy (non-hydrogen) atoms. The van der Waals surface area contributed by atoms with E-state index in [-0.39, 0.29) is 12.6 Å². The summed E-state index contributed by atoms with van der Waals surface area (Å²) in [7, 11) is 0. The molecule has 1 atom stereocenters. The molecule has 0 aliphatic carbocycles. The van der Waals surface area contributed by atoms with E-state index in [0.29, 0.717) is 6.42 Å². The van der Waals surface area contributed by atoms with E-state index in [9.17, 15) is 0 Å². The monoisotopic (exact) mass is 153 g/mol. The zero-order valence-electron chi connectivity index (χ0n) is 6.66. The van der Waals surface area contributed by atoms with Gasteiger partial charge in [-0.25, -0.2) is 0 Å². The minimum atomic E-state index is -0.197. The van der Waals surface area contributed by atoms with Gasteiger partial charge in [-0.05, 0) is 6.42 Å². The first-order chi connectivity index (χ1) is 5.20. The Morgan fingerprint density at radius 1 is 1.64 bits per heavy atom. The normalized spacial score (nSPS) is 13.3. The summed E-state index contributed by atoms with van der Waals surface area (Å²) in [6, 6.07) is -0.197. The van der Waals surface area contributed by atoms with Gasteiger partial charge in [-0.2, -0.15) is 0 Å². The molecule has 1 unspecified atom stereocenters. The highest BCUT2D eigenvalue weighted by atomic mass is 16.3. The molecule has 62 valence electrons. The molecule has 0 saturated carbocycles. The van der Waals surface area contributed by atoms with Crippen LogP contribution in [0.3, 0.4) is 0 Å². The van der Waals surface area contributed by atoms with Crippen LogP contribution in [0.25, 0.3) is 0 Å². The van der Waals surface area contributed by atoms with Crippen LogP contribution in [0.1, 0.15) is 6.42 Å². The molecule has 2 heteroatoms. The largest absolute Gasteiger partial charge is 0.395 e. The molecule has 0 aromatic rings. The Labute approximate surface area is 67.7 Å². The van der Waals surface area contributed by atoms with Crippen LogP contribution in [0.5, 0.6) is 0 Å². The third-order valence-electron chi connectivity index (χ3n) is 1.23. The topological polar surface area (TPSA) is 46.2 Å². The van der Waals surface area contributed by atoms with E-state index in [1.165, 1.54) is 0 Å². The molecule has 0 aliphatic heterocycles. The molecule has 3 N–H and O–H groups in total. The number of nitrogens with two attached hydrogens (primary N) is 1. The molecule has 0 spiro atoms.